The number of nitrogens with one attached hydrogen (secondary N) is 2. The van der Waals surface area contributed by atoms with Gasteiger partial charge < -0.3 is 10.2 Å². The highest BCUT2D eigenvalue weighted by Gasteiger charge is 2.31. The summed E-state index contributed by atoms with van der Waals surface area (Å²) in [5.74, 6) is -0.362. The van der Waals surface area contributed by atoms with Gasteiger partial charge in [-0.05, 0) is 35.7 Å². The highest BCUT2D eigenvalue weighted by atomic mass is 32.2. The first kappa shape index (κ1) is 21.4. The van der Waals surface area contributed by atoms with E-state index in [4.69, 9.17) is 0 Å². The van der Waals surface area contributed by atoms with Crippen molar-refractivity contribution in [2.45, 2.75) is 24.7 Å². The lowest BCUT2D eigenvalue weighted by atomic mass is 10.0. The number of nitrogens with zero attached hydrogens (tertiary/aromatic N) is 1. The molecular formula is C21H27FN3O3S+. The largest absolute Gasteiger partial charge is 0.325 e. The molecule has 1 heterocycles. The molecule has 0 unspecified atom stereocenters. The topological polar surface area (TPSA) is 70.9 Å². The van der Waals surface area contributed by atoms with Crippen molar-refractivity contribution in [2.75, 3.05) is 38.0 Å². The molecule has 1 aliphatic rings. The van der Waals surface area contributed by atoms with E-state index in [1.54, 1.807) is 0 Å². The van der Waals surface area contributed by atoms with Crippen LogP contribution < -0.4 is 10.2 Å². The number of hydrogen-bond donors (Lipinski definition) is 2. The molecule has 2 aromatic rings. The van der Waals surface area contributed by atoms with Gasteiger partial charge in [-0.15, -0.1) is 0 Å². The number of anilines is 1. The van der Waals surface area contributed by atoms with Crippen LogP contribution in [0.2, 0.25) is 0 Å². The van der Waals surface area contributed by atoms with Gasteiger partial charge in [0.2, 0.25) is 10.0 Å². The zero-order valence-corrected chi connectivity index (χ0v) is 17.5. The Morgan fingerprint density at radius 3 is 2.48 bits per heavy atom. The van der Waals surface area contributed by atoms with Crippen LogP contribution in [0.4, 0.5) is 10.1 Å². The molecule has 1 amide bonds. The van der Waals surface area contributed by atoms with Crippen LogP contribution in [0.25, 0.3) is 0 Å². The molecule has 0 radical (unpaired) electrons. The molecule has 1 aliphatic heterocycles. The van der Waals surface area contributed by atoms with Crippen LogP contribution in [-0.4, -0.2) is 51.4 Å². The summed E-state index contributed by atoms with van der Waals surface area (Å²) in [4.78, 5) is 13.5. The molecule has 1 saturated heterocycles. The molecule has 29 heavy (non-hydrogen) atoms. The minimum atomic E-state index is -3.72. The van der Waals surface area contributed by atoms with Crippen molar-refractivity contribution in [1.82, 2.24) is 4.31 Å². The molecule has 0 saturated carbocycles. The molecule has 0 atom stereocenters. The number of carbonyl (C=O) groups excluding carboxylic acids is 1. The van der Waals surface area contributed by atoms with Gasteiger partial charge >= 0.3 is 0 Å². The Morgan fingerprint density at radius 1 is 1.14 bits per heavy atom. The van der Waals surface area contributed by atoms with Gasteiger partial charge in [-0.3, -0.25) is 4.79 Å². The molecule has 0 bridgehead atoms. The number of piperazine rings is 1. The highest BCUT2D eigenvalue weighted by Crippen LogP contribution is 2.23. The zero-order valence-electron chi connectivity index (χ0n) is 16.7. The van der Waals surface area contributed by atoms with Gasteiger partial charge in [0.15, 0.2) is 6.54 Å². The minimum Gasteiger partial charge on any atom is -0.325 e. The van der Waals surface area contributed by atoms with Crippen molar-refractivity contribution in [3.8, 4) is 0 Å². The van der Waals surface area contributed by atoms with Gasteiger partial charge in [-0.2, -0.15) is 4.31 Å². The van der Waals surface area contributed by atoms with Crippen molar-refractivity contribution in [2.24, 2.45) is 0 Å². The summed E-state index contributed by atoms with van der Waals surface area (Å²) in [6.45, 7) is 6.07. The maximum atomic E-state index is 13.4. The van der Waals surface area contributed by atoms with E-state index in [1.165, 1.54) is 22.5 Å². The van der Waals surface area contributed by atoms with Gasteiger partial charge in [0, 0.05) is 5.69 Å². The fourth-order valence-corrected chi connectivity index (χ4v) is 5.01. The molecule has 1 fully saturated rings. The van der Waals surface area contributed by atoms with Gasteiger partial charge in [0.25, 0.3) is 5.91 Å². The smallest absolute Gasteiger partial charge is 0.279 e. The average Bonchev–Trinajstić information content (AvgIpc) is 2.68. The Hall–Kier alpha value is -2.29. The van der Waals surface area contributed by atoms with E-state index in [-0.39, 0.29) is 17.3 Å². The normalized spacial score (nSPS) is 16.1. The maximum absolute atomic E-state index is 13.4. The molecule has 3 rings (SSSR count). The zero-order chi connectivity index (χ0) is 21.0. The lowest BCUT2D eigenvalue weighted by molar-refractivity contribution is -0.895. The number of quaternary nitrogens is 1. The summed E-state index contributed by atoms with van der Waals surface area (Å²) >= 11 is 0. The molecule has 6 nitrogen and oxygen atoms in total. The van der Waals surface area contributed by atoms with Gasteiger partial charge in [0.05, 0.1) is 31.1 Å². The number of halogens is 1. The Labute approximate surface area is 171 Å². The summed E-state index contributed by atoms with van der Waals surface area (Å²) in [7, 11) is -3.72. The van der Waals surface area contributed by atoms with Crippen LogP contribution in [-0.2, 0) is 14.8 Å². The van der Waals surface area contributed by atoms with E-state index in [0.29, 0.717) is 32.1 Å². The summed E-state index contributed by atoms with van der Waals surface area (Å²) in [5, 5.41) is 2.98. The third kappa shape index (κ3) is 5.20. The Balaban J connectivity index is 1.57. The number of amides is 1. The molecule has 0 spiro atoms. The fraction of sp³-hybridized carbons (Fsp3) is 0.381. The molecule has 8 heteroatoms. The van der Waals surface area contributed by atoms with E-state index in [0.717, 1.165) is 22.2 Å². The Bertz CT molecular complexity index is 971. The second-order valence-electron chi connectivity index (χ2n) is 7.58. The molecule has 0 aliphatic carbocycles. The second kappa shape index (κ2) is 9.02. The summed E-state index contributed by atoms with van der Waals surface area (Å²) in [6.07, 6.45) is 0. The predicted octanol–water partition coefficient (Wildman–Crippen LogP) is 1.48. The average molecular weight is 421 g/mol. The van der Waals surface area contributed by atoms with E-state index >= 15 is 0 Å². The monoisotopic (exact) mass is 420 g/mol. The third-order valence-corrected chi connectivity index (χ3v) is 7.03. The van der Waals surface area contributed by atoms with E-state index in [2.05, 4.69) is 19.2 Å². The highest BCUT2D eigenvalue weighted by molar-refractivity contribution is 7.89. The summed E-state index contributed by atoms with van der Waals surface area (Å²) in [6, 6.07) is 12.8. The van der Waals surface area contributed by atoms with Crippen molar-refractivity contribution in [1.29, 1.82) is 0 Å². The third-order valence-electron chi connectivity index (χ3n) is 5.13. The predicted molar refractivity (Wildman–Crippen MR) is 110 cm³/mol. The van der Waals surface area contributed by atoms with Gasteiger partial charge in [-0.1, -0.05) is 38.1 Å². The number of rotatable bonds is 6. The quantitative estimate of drug-likeness (QED) is 0.744. The van der Waals surface area contributed by atoms with Crippen molar-refractivity contribution in [3.63, 3.8) is 0 Å². The first-order chi connectivity index (χ1) is 13.8. The van der Waals surface area contributed by atoms with Crippen molar-refractivity contribution in [3.05, 3.63) is 59.9 Å². The second-order valence-corrected chi connectivity index (χ2v) is 9.52. The van der Waals surface area contributed by atoms with Crippen LogP contribution in [0.3, 0.4) is 0 Å². The number of para-hydroxylation sites is 1. The summed E-state index contributed by atoms with van der Waals surface area (Å²) < 4.78 is 40.1. The van der Waals surface area contributed by atoms with Crippen LogP contribution in [0.1, 0.15) is 25.3 Å². The number of carbonyl (C=O) groups is 1. The lowest BCUT2D eigenvalue weighted by Gasteiger charge is -2.31. The first-order valence-corrected chi connectivity index (χ1v) is 11.2. The van der Waals surface area contributed by atoms with Crippen LogP contribution in [0.15, 0.2) is 53.4 Å². The van der Waals surface area contributed by atoms with Gasteiger partial charge in [-0.25, -0.2) is 12.8 Å². The molecule has 0 aromatic heterocycles. The van der Waals surface area contributed by atoms with E-state index in [9.17, 15) is 17.6 Å². The minimum absolute atomic E-state index is 0.0380. The van der Waals surface area contributed by atoms with Gasteiger partial charge in [0.1, 0.15) is 5.82 Å². The maximum Gasteiger partial charge on any atom is 0.279 e. The number of hydrogen-bond acceptors (Lipinski definition) is 3. The molecular weight excluding hydrogens is 393 g/mol. The van der Waals surface area contributed by atoms with E-state index in [1.807, 2.05) is 24.3 Å². The standard InChI is InChI=1S/C21H26FN3O3S/c1-16(2)19-8-3-4-9-20(19)23-21(26)15-24-10-12-25(13-11-24)29(27,28)18-7-5-6-17(22)14-18/h3-9,14,16H,10-13,15H2,1-2H3,(H,23,26)/p+1. The Kier molecular flexibility index (Phi) is 6.66. The fourth-order valence-electron chi connectivity index (χ4n) is 3.53. The summed E-state index contributed by atoms with van der Waals surface area (Å²) in [5.41, 5.74) is 1.90. The van der Waals surface area contributed by atoms with Crippen LogP contribution >= 0.6 is 0 Å². The Morgan fingerprint density at radius 2 is 1.83 bits per heavy atom. The van der Waals surface area contributed by atoms with Crippen molar-refractivity contribution < 1.29 is 22.5 Å². The van der Waals surface area contributed by atoms with Crippen molar-refractivity contribution >= 4 is 21.6 Å². The number of sulfonamides is 1. The molecule has 156 valence electrons. The van der Waals surface area contributed by atoms with Crippen LogP contribution in [0, 0.1) is 5.82 Å². The molecule has 2 N–H and O–H groups in total. The lowest BCUT2D eigenvalue weighted by Crippen LogP contribution is -3.15. The molecule has 2 aromatic carbocycles. The van der Waals surface area contributed by atoms with E-state index < -0.39 is 15.8 Å². The number of benzene rings is 2. The van der Waals surface area contributed by atoms with Crippen LogP contribution in [0.5, 0.6) is 0 Å². The SMILES string of the molecule is CC(C)c1ccccc1NC(=O)C[NH+]1CCN(S(=O)(=O)c2cccc(F)c2)CC1. The first-order valence-electron chi connectivity index (χ1n) is 9.75.